The lowest BCUT2D eigenvalue weighted by Gasteiger charge is -1.99. The Morgan fingerprint density at radius 2 is 1.08 bits per heavy atom. The second kappa shape index (κ2) is 8.39. The molecule has 0 spiro atoms. The van der Waals surface area contributed by atoms with Crippen molar-refractivity contribution in [3.05, 3.63) is 102 Å². The highest BCUT2D eigenvalue weighted by Crippen LogP contribution is 2.07. The van der Waals surface area contributed by atoms with Crippen LogP contribution in [0.15, 0.2) is 79.4 Å². The van der Waals surface area contributed by atoms with Crippen molar-refractivity contribution >= 4 is 23.7 Å². The van der Waals surface area contributed by atoms with Gasteiger partial charge in [-0.1, -0.05) is 18.2 Å². The first kappa shape index (κ1) is 17.1. The maximum Gasteiger partial charge on any atom is 0.204 e. The molecule has 0 saturated carbocycles. The highest BCUT2D eigenvalue weighted by molar-refractivity contribution is 6.08. The van der Waals surface area contributed by atoms with Crippen molar-refractivity contribution < 1.29 is 9.59 Å². The molecular weight excluding hydrogens is 326 g/mol. The summed E-state index contributed by atoms with van der Waals surface area (Å²) in [5.41, 5.74) is 2.17. The number of rotatable bonds is 6. The third-order valence-corrected chi connectivity index (χ3v) is 3.52. The fourth-order valence-electron chi connectivity index (χ4n) is 2.17. The Hall–Kier alpha value is -3.73. The Labute approximate surface area is 150 Å². The van der Waals surface area contributed by atoms with Crippen LogP contribution in [0, 0.1) is 0 Å². The fourth-order valence-corrected chi connectivity index (χ4v) is 2.17. The van der Waals surface area contributed by atoms with Crippen LogP contribution in [0.3, 0.4) is 0 Å². The molecule has 0 aliphatic heterocycles. The van der Waals surface area contributed by atoms with Crippen LogP contribution < -0.4 is 0 Å². The molecule has 0 amide bonds. The van der Waals surface area contributed by atoms with E-state index in [2.05, 4.69) is 15.0 Å². The van der Waals surface area contributed by atoms with Gasteiger partial charge < -0.3 is 0 Å². The Kier molecular flexibility index (Phi) is 5.52. The van der Waals surface area contributed by atoms with E-state index in [-0.39, 0.29) is 23.0 Å². The lowest BCUT2D eigenvalue weighted by atomic mass is 10.1. The topological polar surface area (TPSA) is 72.8 Å². The molecule has 0 aliphatic rings. The number of allylic oxidation sites excluding steroid dienone is 2. The van der Waals surface area contributed by atoms with Gasteiger partial charge in [0.05, 0.1) is 0 Å². The number of hydrogen-bond acceptors (Lipinski definition) is 5. The van der Waals surface area contributed by atoms with E-state index >= 15 is 0 Å². The number of nitrogens with zero attached hydrogens (tertiary/aromatic N) is 3. The van der Waals surface area contributed by atoms with Gasteiger partial charge in [-0.25, -0.2) is 4.98 Å². The van der Waals surface area contributed by atoms with Crippen LogP contribution >= 0.6 is 0 Å². The van der Waals surface area contributed by atoms with Gasteiger partial charge in [0, 0.05) is 24.8 Å². The van der Waals surface area contributed by atoms with E-state index in [0.29, 0.717) is 0 Å². The summed E-state index contributed by atoms with van der Waals surface area (Å²) in [4.78, 5) is 36.6. The van der Waals surface area contributed by atoms with Gasteiger partial charge >= 0.3 is 0 Å². The molecule has 5 nitrogen and oxygen atoms in total. The maximum atomic E-state index is 12.3. The zero-order valence-electron chi connectivity index (χ0n) is 13.8. The van der Waals surface area contributed by atoms with Gasteiger partial charge in [-0.15, -0.1) is 0 Å². The zero-order valence-corrected chi connectivity index (χ0v) is 13.8. The van der Waals surface area contributed by atoms with Crippen molar-refractivity contribution in [1.29, 1.82) is 0 Å². The van der Waals surface area contributed by atoms with Gasteiger partial charge in [-0.3, -0.25) is 19.6 Å². The van der Waals surface area contributed by atoms with Crippen LogP contribution in [0.5, 0.6) is 0 Å². The van der Waals surface area contributed by atoms with E-state index in [1.807, 2.05) is 0 Å². The predicted octanol–water partition coefficient (Wildman–Crippen LogP) is 3.66. The Bertz CT molecular complexity index is 888. The first-order valence-corrected chi connectivity index (χ1v) is 7.94. The Morgan fingerprint density at radius 3 is 1.50 bits per heavy atom. The molecule has 3 aromatic rings. The molecule has 3 heterocycles. The Morgan fingerprint density at radius 1 is 0.654 bits per heavy atom. The number of carbonyl (C=O) groups excluding carboxylic acids is 2. The quantitative estimate of drug-likeness (QED) is 0.505. The summed E-state index contributed by atoms with van der Waals surface area (Å²) in [5.74, 6) is -0.538. The molecule has 3 rings (SSSR count). The second-order valence-corrected chi connectivity index (χ2v) is 5.36. The van der Waals surface area contributed by atoms with Gasteiger partial charge in [-0.2, -0.15) is 0 Å². The van der Waals surface area contributed by atoms with Crippen molar-refractivity contribution in [2.75, 3.05) is 0 Å². The first-order chi connectivity index (χ1) is 12.7. The highest BCUT2D eigenvalue weighted by atomic mass is 16.1. The minimum Gasteiger partial charge on any atom is -0.288 e. The first-order valence-electron chi connectivity index (χ1n) is 7.94. The molecule has 126 valence electrons. The second-order valence-electron chi connectivity index (χ2n) is 5.36. The summed E-state index contributed by atoms with van der Waals surface area (Å²) in [6, 6.07) is 12.0. The minimum atomic E-state index is -0.269. The molecule has 0 aromatic carbocycles. The molecule has 0 saturated heterocycles. The van der Waals surface area contributed by atoms with Crippen LogP contribution in [-0.4, -0.2) is 26.5 Å². The molecule has 0 radical (unpaired) electrons. The van der Waals surface area contributed by atoms with E-state index in [1.165, 1.54) is 12.2 Å². The van der Waals surface area contributed by atoms with Crippen molar-refractivity contribution in [3.8, 4) is 0 Å². The standard InChI is InChI=1S/C21H15N3O2/c25-20(6-4-16-8-12-22-13-9-16)18-2-1-3-19(24-18)21(26)7-5-17-10-14-23-15-11-17/h1-15H/b6-4+,7-5+. The largest absolute Gasteiger partial charge is 0.288 e. The predicted molar refractivity (Wildman–Crippen MR) is 99.4 cm³/mol. The molecule has 0 atom stereocenters. The van der Waals surface area contributed by atoms with Crippen molar-refractivity contribution in [3.63, 3.8) is 0 Å². The van der Waals surface area contributed by atoms with Crippen LogP contribution in [0.2, 0.25) is 0 Å². The average Bonchev–Trinajstić information content (AvgIpc) is 2.72. The summed E-state index contributed by atoms with van der Waals surface area (Å²) in [7, 11) is 0. The molecule has 0 aliphatic carbocycles. The van der Waals surface area contributed by atoms with E-state index in [1.54, 1.807) is 79.4 Å². The SMILES string of the molecule is O=C(/C=C/c1ccncc1)c1cccc(C(=O)/C=C/c2ccncc2)n1. The van der Waals surface area contributed by atoms with Gasteiger partial charge in [0.2, 0.25) is 11.6 Å². The summed E-state index contributed by atoms with van der Waals surface area (Å²) in [5, 5.41) is 0. The van der Waals surface area contributed by atoms with Gasteiger partial charge in [0.15, 0.2) is 0 Å². The third kappa shape index (κ3) is 4.64. The smallest absolute Gasteiger partial charge is 0.204 e. The van der Waals surface area contributed by atoms with E-state index in [4.69, 9.17) is 0 Å². The van der Waals surface area contributed by atoms with E-state index < -0.39 is 0 Å². The number of hydrogen-bond donors (Lipinski definition) is 0. The molecule has 26 heavy (non-hydrogen) atoms. The number of pyridine rings is 3. The van der Waals surface area contributed by atoms with E-state index in [9.17, 15) is 9.59 Å². The van der Waals surface area contributed by atoms with Gasteiger partial charge in [0.1, 0.15) is 11.4 Å². The number of aromatic nitrogens is 3. The molecule has 3 aromatic heterocycles. The van der Waals surface area contributed by atoms with Crippen molar-refractivity contribution in [2.24, 2.45) is 0 Å². The van der Waals surface area contributed by atoms with Gasteiger partial charge in [0.25, 0.3) is 0 Å². The zero-order chi connectivity index (χ0) is 18.2. The maximum absolute atomic E-state index is 12.3. The number of carbonyl (C=O) groups is 2. The lowest BCUT2D eigenvalue weighted by Crippen LogP contribution is -2.05. The monoisotopic (exact) mass is 341 g/mol. The van der Waals surface area contributed by atoms with Crippen LogP contribution in [0.25, 0.3) is 12.2 Å². The van der Waals surface area contributed by atoms with Crippen molar-refractivity contribution in [2.45, 2.75) is 0 Å². The summed E-state index contributed by atoms with van der Waals surface area (Å²) >= 11 is 0. The van der Waals surface area contributed by atoms with Gasteiger partial charge in [-0.05, 0) is 59.7 Å². The molecule has 0 unspecified atom stereocenters. The summed E-state index contributed by atoms with van der Waals surface area (Å²) in [6.45, 7) is 0. The highest BCUT2D eigenvalue weighted by Gasteiger charge is 2.08. The molecular formula is C21H15N3O2. The van der Waals surface area contributed by atoms with Crippen molar-refractivity contribution in [1.82, 2.24) is 15.0 Å². The molecule has 0 fully saturated rings. The molecule has 5 heteroatoms. The number of ketones is 2. The van der Waals surface area contributed by atoms with Crippen LogP contribution in [0.1, 0.15) is 32.1 Å². The average molecular weight is 341 g/mol. The minimum absolute atomic E-state index is 0.221. The van der Waals surface area contributed by atoms with Crippen LogP contribution in [0.4, 0.5) is 0 Å². The molecule has 0 bridgehead atoms. The summed E-state index contributed by atoms with van der Waals surface area (Å²) < 4.78 is 0. The fraction of sp³-hybridized carbons (Fsp3) is 0. The summed E-state index contributed by atoms with van der Waals surface area (Å²) in [6.07, 6.45) is 12.8. The van der Waals surface area contributed by atoms with Crippen LogP contribution in [-0.2, 0) is 0 Å². The third-order valence-electron chi connectivity index (χ3n) is 3.52. The molecule has 0 N–H and O–H groups in total. The normalized spacial score (nSPS) is 11.1. The van der Waals surface area contributed by atoms with E-state index in [0.717, 1.165) is 11.1 Å². The Balaban J connectivity index is 1.73. The lowest BCUT2D eigenvalue weighted by molar-refractivity contribution is 0.104.